The Labute approximate surface area is 177 Å². The lowest BCUT2D eigenvalue weighted by Gasteiger charge is -2.30. The fraction of sp³-hybridized carbons (Fsp3) is 0.571. The van der Waals surface area contributed by atoms with E-state index in [0.717, 1.165) is 11.3 Å². The first-order valence-electron chi connectivity index (χ1n) is 10.3. The normalized spacial score (nSPS) is 21.0. The van der Waals surface area contributed by atoms with Crippen LogP contribution in [0.15, 0.2) is 24.3 Å². The summed E-state index contributed by atoms with van der Waals surface area (Å²) in [5.41, 5.74) is 0.112. The lowest BCUT2D eigenvalue weighted by molar-refractivity contribution is -0.132. The van der Waals surface area contributed by atoms with Gasteiger partial charge in [-0.25, -0.2) is 13.2 Å². The Kier molecular flexibility index (Phi) is 6.21. The average molecular weight is 436 g/mol. The fourth-order valence-electron chi connectivity index (χ4n) is 4.06. The molecule has 2 N–H and O–H groups in total. The van der Waals surface area contributed by atoms with Gasteiger partial charge < -0.3 is 10.6 Å². The zero-order valence-corrected chi connectivity index (χ0v) is 18.4. The van der Waals surface area contributed by atoms with Gasteiger partial charge in [0, 0.05) is 11.6 Å². The van der Waals surface area contributed by atoms with Crippen molar-refractivity contribution < 1.29 is 22.8 Å². The Bertz CT molecular complexity index is 926. The number of imide groups is 1. The number of benzene rings is 1. The molecule has 2 saturated heterocycles. The number of amides is 4. The number of hydrogen-bond acceptors (Lipinski definition) is 5. The van der Waals surface area contributed by atoms with Crippen LogP contribution in [0, 0.1) is 5.92 Å². The van der Waals surface area contributed by atoms with Gasteiger partial charge in [-0.2, -0.15) is 0 Å². The third-order valence-electron chi connectivity index (χ3n) is 5.68. The summed E-state index contributed by atoms with van der Waals surface area (Å²) < 4.78 is 23.4. The van der Waals surface area contributed by atoms with Crippen molar-refractivity contribution in [3.05, 3.63) is 35.4 Å². The molecule has 3 rings (SSSR count). The van der Waals surface area contributed by atoms with Gasteiger partial charge in [-0.05, 0) is 49.8 Å². The highest BCUT2D eigenvalue weighted by atomic mass is 32.2. The summed E-state index contributed by atoms with van der Waals surface area (Å²) in [5.74, 6) is -0.268. The van der Waals surface area contributed by atoms with E-state index in [-0.39, 0.29) is 48.7 Å². The smallest absolute Gasteiger partial charge is 0.325 e. The van der Waals surface area contributed by atoms with E-state index in [1.165, 1.54) is 0 Å². The van der Waals surface area contributed by atoms with Gasteiger partial charge >= 0.3 is 6.03 Å². The van der Waals surface area contributed by atoms with Crippen LogP contribution in [0.3, 0.4) is 0 Å². The molecule has 0 aromatic heterocycles. The maximum atomic E-state index is 12.9. The van der Waals surface area contributed by atoms with Crippen molar-refractivity contribution in [2.75, 3.05) is 11.5 Å². The SMILES string of the molecule is CC(C)C[C@H](C)NC(=O)c1ccc(CN2C(=O)NC3(CCS(=O)(=O)CC3)C2=O)cc1. The lowest BCUT2D eigenvalue weighted by Crippen LogP contribution is -2.52. The minimum Gasteiger partial charge on any atom is -0.350 e. The molecule has 0 unspecified atom stereocenters. The van der Waals surface area contributed by atoms with Crippen molar-refractivity contribution >= 4 is 27.7 Å². The molecule has 1 aromatic carbocycles. The Morgan fingerprint density at radius 2 is 1.73 bits per heavy atom. The molecule has 0 aliphatic carbocycles. The van der Waals surface area contributed by atoms with Gasteiger partial charge in [0.1, 0.15) is 5.54 Å². The first-order valence-corrected chi connectivity index (χ1v) is 12.1. The standard InChI is InChI=1S/C21H29N3O5S/c1-14(2)12-15(3)22-18(25)17-6-4-16(5-7-17)13-24-19(26)21(23-20(24)27)8-10-30(28,29)11-9-21/h4-7,14-15H,8-13H2,1-3H3,(H,22,25)(H,23,27)/t15-/m0/s1. The first-order chi connectivity index (χ1) is 14.0. The van der Waals surface area contributed by atoms with Gasteiger partial charge in [0.05, 0.1) is 18.1 Å². The molecule has 0 radical (unpaired) electrons. The number of hydrogen-bond donors (Lipinski definition) is 2. The molecule has 30 heavy (non-hydrogen) atoms. The van der Waals surface area contributed by atoms with Gasteiger partial charge in [-0.3, -0.25) is 14.5 Å². The molecular weight excluding hydrogens is 406 g/mol. The number of carbonyl (C=O) groups excluding carboxylic acids is 3. The molecule has 2 fully saturated rings. The summed E-state index contributed by atoms with van der Waals surface area (Å²) in [4.78, 5) is 38.8. The fourth-order valence-corrected chi connectivity index (χ4v) is 5.59. The minimum absolute atomic E-state index is 0.0681. The summed E-state index contributed by atoms with van der Waals surface area (Å²) in [7, 11) is -3.15. The van der Waals surface area contributed by atoms with Crippen LogP contribution in [-0.2, 0) is 21.2 Å². The van der Waals surface area contributed by atoms with Crippen LogP contribution in [0.4, 0.5) is 4.79 Å². The molecule has 1 spiro atoms. The summed E-state index contributed by atoms with van der Waals surface area (Å²) in [6.07, 6.45) is 1.09. The van der Waals surface area contributed by atoms with Crippen LogP contribution in [0.2, 0.25) is 0 Å². The molecule has 9 heteroatoms. The monoisotopic (exact) mass is 435 g/mol. The summed E-state index contributed by atoms with van der Waals surface area (Å²) in [5, 5.41) is 5.67. The van der Waals surface area contributed by atoms with E-state index >= 15 is 0 Å². The first kappa shape index (κ1) is 22.3. The third kappa shape index (κ3) is 4.83. The van der Waals surface area contributed by atoms with Crippen LogP contribution in [-0.4, -0.2) is 54.2 Å². The number of urea groups is 1. The van der Waals surface area contributed by atoms with E-state index in [9.17, 15) is 22.8 Å². The molecule has 0 bridgehead atoms. The molecule has 0 saturated carbocycles. The average Bonchev–Trinajstić information content (AvgIpc) is 2.89. The quantitative estimate of drug-likeness (QED) is 0.662. The minimum atomic E-state index is -3.15. The van der Waals surface area contributed by atoms with E-state index in [0.29, 0.717) is 17.0 Å². The highest BCUT2D eigenvalue weighted by molar-refractivity contribution is 7.91. The number of sulfone groups is 1. The number of carbonyl (C=O) groups is 3. The maximum absolute atomic E-state index is 12.9. The van der Waals surface area contributed by atoms with Crippen molar-refractivity contribution in [1.82, 2.24) is 15.5 Å². The third-order valence-corrected chi connectivity index (χ3v) is 7.34. The van der Waals surface area contributed by atoms with Crippen molar-refractivity contribution in [1.29, 1.82) is 0 Å². The van der Waals surface area contributed by atoms with Gasteiger partial charge in [0.2, 0.25) is 0 Å². The second-order valence-electron chi connectivity index (χ2n) is 8.76. The second-order valence-corrected chi connectivity index (χ2v) is 11.1. The Hall–Kier alpha value is -2.42. The largest absolute Gasteiger partial charge is 0.350 e. The topological polar surface area (TPSA) is 113 Å². The van der Waals surface area contributed by atoms with E-state index in [1.54, 1.807) is 24.3 Å². The molecule has 2 aliphatic rings. The van der Waals surface area contributed by atoms with Crippen molar-refractivity contribution in [2.45, 2.75) is 58.2 Å². The molecule has 4 amide bonds. The predicted octanol–water partition coefficient (Wildman–Crippen LogP) is 1.85. The van der Waals surface area contributed by atoms with Gasteiger partial charge in [0.25, 0.3) is 11.8 Å². The number of rotatable bonds is 6. The summed E-state index contributed by atoms with van der Waals surface area (Å²) in [6, 6.07) is 6.35. The molecule has 1 aromatic rings. The van der Waals surface area contributed by atoms with Crippen molar-refractivity contribution in [2.24, 2.45) is 5.92 Å². The molecule has 1 atom stereocenters. The maximum Gasteiger partial charge on any atom is 0.325 e. The second kappa shape index (κ2) is 8.37. The van der Waals surface area contributed by atoms with E-state index in [4.69, 9.17) is 0 Å². The molecule has 2 heterocycles. The molecule has 164 valence electrons. The van der Waals surface area contributed by atoms with Gasteiger partial charge in [-0.1, -0.05) is 26.0 Å². The lowest BCUT2D eigenvalue weighted by atomic mass is 9.92. The Morgan fingerprint density at radius 1 is 1.13 bits per heavy atom. The van der Waals surface area contributed by atoms with Gasteiger partial charge in [0.15, 0.2) is 9.84 Å². The summed E-state index contributed by atoms with van der Waals surface area (Å²) in [6.45, 7) is 6.24. The van der Waals surface area contributed by atoms with E-state index in [1.807, 2.05) is 6.92 Å². The zero-order valence-electron chi connectivity index (χ0n) is 17.6. The van der Waals surface area contributed by atoms with E-state index < -0.39 is 21.4 Å². The highest BCUT2D eigenvalue weighted by Gasteiger charge is 2.53. The zero-order chi connectivity index (χ0) is 22.1. The number of nitrogens with one attached hydrogen (secondary N) is 2. The van der Waals surface area contributed by atoms with Crippen LogP contribution in [0.1, 0.15) is 56.0 Å². The predicted molar refractivity (Wildman–Crippen MR) is 113 cm³/mol. The Balaban J connectivity index is 1.63. The van der Waals surface area contributed by atoms with E-state index in [2.05, 4.69) is 24.5 Å². The molecular formula is C21H29N3O5S. The van der Waals surface area contributed by atoms with Crippen LogP contribution < -0.4 is 10.6 Å². The summed E-state index contributed by atoms with van der Waals surface area (Å²) >= 11 is 0. The van der Waals surface area contributed by atoms with Crippen molar-refractivity contribution in [3.8, 4) is 0 Å². The van der Waals surface area contributed by atoms with Crippen LogP contribution in [0.5, 0.6) is 0 Å². The number of nitrogens with zero attached hydrogens (tertiary/aromatic N) is 1. The Morgan fingerprint density at radius 3 is 2.30 bits per heavy atom. The highest BCUT2D eigenvalue weighted by Crippen LogP contribution is 2.31. The molecule has 8 nitrogen and oxygen atoms in total. The van der Waals surface area contributed by atoms with Crippen LogP contribution in [0.25, 0.3) is 0 Å². The molecule has 2 aliphatic heterocycles. The van der Waals surface area contributed by atoms with Gasteiger partial charge in [-0.15, -0.1) is 0 Å². The van der Waals surface area contributed by atoms with Crippen molar-refractivity contribution in [3.63, 3.8) is 0 Å². The van der Waals surface area contributed by atoms with Crippen LogP contribution >= 0.6 is 0 Å².